The van der Waals surface area contributed by atoms with Crippen molar-refractivity contribution >= 4 is 28.0 Å². The fourth-order valence-electron chi connectivity index (χ4n) is 3.40. The van der Waals surface area contributed by atoms with Gasteiger partial charge in [0.15, 0.2) is 11.5 Å². The number of carbonyl (C=O) groups excluding carboxylic acids is 1. The van der Waals surface area contributed by atoms with Crippen molar-refractivity contribution in [2.45, 2.75) is 13.5 Å². The Hall–Kier alpha value is -4.64. The Morgan fingerprint density at radius 2 is 2.06 bits per heavy atom. The van der Waals surface area contributed by atoms with E-state index >= 15 is 0 Å². The molecular weight excluding hydrogens is 430 g/mol. The molecule has 0 spiro atoms. The molecule has 4 rings (SSSR count). The van der Waals surface area contributed by atoms with Crippen LogP contribution >= 0.6 is 0 Å². The number of hydrogen-bond acceptors (Lipinski definition) is 6. The summed E-state index contributed by atoms with van der Waals surface area (Å²) in [6, 6.07) is 11.1. The topological polar surface area (TPSA) is 90.6 Å². The van der Waals surface area contributed by atoms with E-state index in [1.54, 1.807) is 39.4 Å². The number of carbonyl (C=O) groups is 1. The summed E-state index contributed by atoms with van der Waals surface area (Å²) in [5, 5.41) is 11.9. The van der Waals surface area contributed by atoms with E-state index in [4.69, 9.17) is 15.9 Å². The number of likely N-dealkylation sites (N-methyl/N-ethyl adjacent to an activating group) is 1. The minimum absolute atomic E-state index is 0.164. The quantitative estimate of drug-likeness (QED) is 0.261. The van der Waals surface area contributed by atoms with Crippen molar-refractivity contribution in [1.82, 2.24) is 24.9 Å². The summed E-state index contributed by atoms with van der Waals surface area (Å²) >= 11 is 0. The van der Waals surface area contributed by atoms with Gasteiger partial charge in [0, 0.05) is 47.6 Å². The van der Waals surface area contributed by atoms with Gasteiger partial charge in [-0.1, -0.05) is 12.0 Å². The molecule has 34 heavy (non-hydrogen) atoms. The zero-order valence-electron chi connectivity index (χ0n) is 19.1. The van der Waals surface area contributed by atoms with Gasteiger partial charge in [-0.3, -0.25) is 14.2 Å². The Balaban J connectivity index is 1.62. The molecule has 0 fully saturated rings. The standard InChI is InChI=1S/C26H23N5O3/c1-5-18(7-6-17(2)26(32)27-3)19-8-11-24-29-30-25(31(24)15-19)16-34-23-12-13-28-22-14-20(33-4)9-10-21(22)23/h1,6-15H,16H2,2-4H3,(H,27,32)/b17-6+,18-7+. The second-order valence-corrected chi connectivity index (χ2v) is 7.40. The van der Waals surface area contributed by atoms with Crippen LogP contribution in [0.4, 0.5) is 0 Å². The highest BCUT2D eigenvalue weighted by Gasteiger charge is 2.11. The van der Waals surface area contributed by atoms with Gasteiger partial charge in [-0.15, -0.1) is 16.6 Å². The predicted molar refractivity (Wildman–Crippen MR) is 130 cm³/mol. The smallest absolute Gasteiger partial charge is 0.246 e. The third-order valence-electron chi connectivity index (χ3n) is 5.29. The summed E-state index contributed by atoms with van der Waals surface area (Å²) < 4.78 is 13.2. The van der Waals surface area contributed by atoms with Crippen LogP contribution in [0.5, 0.6) is 11.5 Å². The molecule has 3 aromatic heterocycles. The third-order valence-corrected chi connectivity index (χ3v) is 5.29. The molecule has 0 saturated heterocycles. The van der Waals surface area contributed by atoms with Crippen LogP contribution in [0.3, 0.4) is 0 Å². The lowest BCUT2D eigenvalue weighted by Gasteiger charge is -2.09. The molecular formula is C26H23N5O3. The van der Waals surface area contributed by atoms with E-state index < -0.39 is 0 Å². The van der Waals surface area contributed by atoms with Crippen molar-refractivity contribution in [3.63, 3.8) is 0 Å². The largest absolute Gasteiger partial charge is 0.497 e. The van der Waals surface area contributed by atoms with E-state index in [2.05, 4.69) is 26.4 Å². The first kappa shape index (κ1) is 22.6. The predicted octanol–water partition coefficient (Wildman–Crippen LogP) is 3.57. The van der Waals surface area contributed by atoms with E-state index in [1.165, 1.54) is 0 Å². The number of nitrogens with zero attached hydrogens (tertiary/aromatic N) is 4. The average molecular weight is 454 g/mol. The summed E-state index contributed by atoms with van der Waals surface area (Å²) in [4.78, 5) is 16.1. The van der Waals surface area contributed by atoms with Gasteiger partial charge in [0.25, 0.3) is 0 Å². The Kier molecular flexibility index (Phi) is 6.55. The highest BCUT2D eigenvalue weighted by molar-refractivity contribution is 5.93. The van der Waals surface area contributed by atoms with Crippen molar-refractivity contribution in [3.8, 4) is 23.8 Å². The van der Waals surface area contributed by atoms with Gasteiger partial charge < -0.3 is 14.8 Å². The maximum Gasteiger partial charge on any atom is 0.246 e. The van der Waals surface area contributed by atoms with Crippen LogP contribution in [-0.4, -0.2) is 39.6 Å². The summed E-state index contributed by atoms with van der Waals surface area (Å²) in [7, 11) is 3.20. The number of rotatable bonds is 7. The number of methoxy groups -OCH3 is 1. The van der Waals surface area contributed by atoms with Crippen LogP contribution in [0.15, 0.2) is 66.5 Å². The van der Waals surface area contributed by atoms with Gasteiger partial charge in [-0.2, -0.15) is 0 Å². The Morgan fingerprint density at radius 1 is 1.21 bits per heavy atom. The minimum Gasteiger partial charge on any atom is -0.497 e. The molecule has 1 aromatic carbocycles. The molecule has 0 atom stereocenters. The van der Waals surface area contributed by atoms with Crippen LogP contribution in [-0.2, 0) is 11.4 Å². The fourth-order valence-corrected chi connectivity index (χ4v) is 3.40. The van der Waals surface area contributed by atoms with Gasteiger partial charge in [0.05, 0.1) is 12.6 Å². The second kappa shape index (κ2) is 9.88. The molecule has 8 heteroatoms. The number of pyridine rings is 2. The van der Waals surface area contributed by atoms with Gasteiger partial charge in [0.2, 0.25) is 5.91 Å². The van der Waals surface area contributed by atoms with Crippen molar-refractivity contribution < 1.29 is 14.3 Å². The number of hydrogen-bond donors (Lipinski definition) is 1. The van der Waals surface area contributed by atoms with Crippen LogP contribution in [0, 0.1) is 12.3 Å². The normalized spacial score (nSPS) is 11.9. The summed E-state index contributed by atoms with van der Waals surface area (Å²) in [6.07, 6.45) is 12.7. The minimum atomic E-state index is -0.164. The van der Waals surface area contributed by atoms with Gasteiger partial charge in [-0.05, 0) is 43.3 Å². The number of aromatic nitrogens is 4. The highest BCUT2D eigenvalue weighted by atomic mass is 16.5. The van der Waals surface area contributed by atoms with E-state index in [1.807, 2.05) is 47.0 Å². The van der Waals surface area contributed by atoms with E-state index in [0.717, 1.165) is 22.2 Å². The van der Waals surface area contributed by atoms with Crippen molar-refractivity contribution in [2.24, 2.45) is 0 Å². The average Bonchev–Trinajstić information content (AvgIpc) is 3.29. The lowest BCUT2D eigenvalue weighted by Crippen LogP contribution is -2.18. The molecule has 1 N–H and O–H groups in total. The molecule has 0 aliphatic heterocycles. The molecule has 1 amide bonds. The number of nitrogens with one attached hydrogen (secondary N) is 1. The number of allylic oxidation sites excluding steroid dienone is 3. The molecule has 0 saturated carbocycles. The summed E-state index contributed by atoms with van der Waals surface area (Å²) in [5.41, 5.74) is 3.41. The fraction of sp³-hybridized carbons (Fsp3) is 0.154. The van der Waals surface area contributed by atoms with Gasteiger partial charge in [0.1, 0.15) is 18.1 Å². The van der Waals surface area contributed by atoms with Crippen LogP contribution in [0.25, 0.3) is 22.1 Å². The third kappa shape index (κ3) is 4.59. The number of fused-ring (bicyclic) bond motifs is 2. The van der Waals surface area contributed by atoms with Crippen molar-refractivity contribution in [2.75, 3.05) is 14.2 Å². The summed E-state index contributed by atoms with van der Waals surface area (Å²) in [5.74, 6) is 4.54. The van der Waals surface area contributed by atoms with E-state index in [-0.39, 0.29) is 12.5 Å². The van der Waals surface area contributed by atoms with Gasteiger partial charge in [-0.25, -0.2) is 0 Å². The number of amides is 1. The lowest BCUT2D eigenvalue weighted by molar-refractivity contribution is -0.116. The Morgan fingerprint density at radius 3 is 2.82 bits per heavy atom. The van der Waals surface area contributed by atoms with Crippen LogP contribution in [0.2, 0.25) is 0 Å². The molecule has 0 unspecified atom stereocenters. The van der Waals surface area contributed by atoms with Crippen LogP contribution in [0.1, 0.15) is 18.3 Å². The number of benzene rings is 1. The number of ether oxygens (including phenoxy) is 2. The molecule has 4 aromatic rings. The van der Waals surface area contributed by atoms with E-state index in [0.29, 0.717) is 28.4 Å². The van der Waals surface area contributed by atoms with E-state index in [9.17, 15) is 4.79 Å². The first-order valence-corrected chi connectivity index (χ1v) is 10.5. The molecule has 8 nitrogen and oxygen atoms in total. The molecule has 0 aliphatic carbocycles. The Bertz CT molecular complexity index is 1480. The zero-order chi connectivity index (χ0) is 24.1. The summed E-state index contributed by atoms with van der Waals surface area (Å²) in [6.45, 7) is 1.92. The first-order valence-electron chi connectivity index (χ1n) is 10.5. The Labute approximate surface area is 196 Å². The highest BCUT2D eigenvalue weighted by Crippen LogP contribution is 2.27. The molecule has 170 valence electrons. The van der Waals surface area contributed by atoms with Crippen molar-refractivity contribution in [3.05, 3.63) is 77.9 Å². The maximum absolute atomic E-state index is 11.7. The lowest BCUT2D eigenvalue weighted by atomic mass is 10.1. The molecule has 3 heterocycles. The SMILES string of the molecule is C#C/C(=C\C=C(/C)C(=O)NC)c1ccc2nnc(COc3ccnc4cc(OC)ccc34)n2c1. The van der Waals surface area contributed by atoms with Crippen LogP contribution < -0.4 is 14.8 Å². The first-order chi connectivity index (χ1) is 16.5. The second-order valence-electron chi connectivity index (χ2n) is 7.40. The number of terminal acetylenes is 1. The zero-order valence-corrected chi connectivity index (χ0v) is 19.1. The van der Waals surface area contributed by atoms with Crippen molar-refractivity contribution in [1.29, 1.82) is 0 Å². The molecule has 0 radical (unpaired) electrons. The molecule has 0 aliphatic rings. The molecule has 0 bridgehead atoms. The maximum atomic E-state index is 11.7. The van der Waals surface area contributed by atoms with Gasteiger partial charge >= 0.3 is 0 Å². The monoisotopic (exact) mass is 453 g/mol.